The molecule has 2 rings (SSSR count). The highest BCUT2D eigenvalue weighted by molar-refractivity contribution is 7.92. The number of sulfonamides is 1. The van der Waals surface area contributed by atoms with E-state index in [0.29, 0.717) is 11.3 Å². The van der Waals surface area contributed by atoms with E-state index in [0.717, 1.165) is 5.56 Å². The van der Waals surface area contributed by atoms with E-state index >= 15 is 0 Å². The van der Waals surface area contributed by atoms with Gasteiger partial charge in [-0.05, 0) is 50.2 Å². The Hall–Kier alpha value is -2.60. The van der Waals surface area contributed by atoms with Crippen LogP contribution in [0.2, 0.25) is 0 Å². The number of carbonyl (C=O) groups excluding carboxylic acids is 1. The van der Waals surface area contributed by atoms with Crippen LogP contribution in [-0.4, -0.2) is 27.5 Å². The van der Waals surface area contributed by atoms with E-state index in [9.17, 15) is 13.2 Å². The summed E-state index contributed by atoms with van der Waals surface area (Å²) in [6, 6.07) is 12.9. The molecule has 0 amide bonds. The number of esters is 1. The lowest BCUT2D eigenvalue weighted by atomic mass is 10.2. The number of aryl methyl sites for hydroxylation is 1. The fourth-order valence-electron chi connectivity index (χ4n) is 2.28. The van der Waals surface area contributed by atoms with E-state index in [1.807, 2.05) is 6.92 Å². The van der Waals surface area contributed by atoms with Crippen LogP contribution in [0.1, 0.15) is 22.8 Å². The molecule has 0 unspecified atom stereocenters. The van der Waals surface area contributed by atoms with Crippen molar-refractivity contribution in [3.63, 3.8) is 0 Å². The first-order valence-electron chi connectivity index (χ1n) is 7.87. The van der Waals surface area contributed by atoms with Gasteiger partial charge in [-0.25, -0.2) is 13.2 Å². The second-order valence-corrected chi connectivity index (χ2v) is 7.27. The third kappa shape index (κ3) is 4.28. The van der Waals surface area contributed by atoms with Crippen LogP contribution in [0.15, 0.2) is 66.1 Å². The van der Waals surface area contributed by atoms with Gasteiger partial charge >= 0.3 is 5.97 Å². The maximum Gasteiger partial charge on any atom is 0.338 e. The summed E-state index contributed by atoms with van der Waals surface area (Å²) in [5.74, 6) is -0.439. The molecular formula is C19H21NO4S. The highest BCUT2D eigenvalue weighted by Gasteiger charge is 2.24. The Morgan fingerprint density at radius 2 is 1.72 bits per heavy atom. The first kappa shape index (κ1) is 18.7. The van der Waals surface area contributed by atoms with Gasteiger partial charge in [0.2, 0.25) is 0 Å². The molecule has 2 aromatic rings. The van der Waals surface area contributed by atoms with Gasteiger partial charge in [0, 0.05) is 0 Å². The third-order valence-corrected chi connectivity index (χ3v) is 5.38. The Bertz CT molecular complexity index is 840. The molecule has 0 aliphatic carbocycles. The lowest BCUT2D eigenvalue weighted by molar-refractivity contribution is 0.0526. The summed E-state index contributed by atoms with van der Waals surface area (Å²) < 4.78 is 32.1. The zero-order valence-electron chi connectivity index (χ0n) is 14.3. The van der Waals surface area contributed by atoms with Gasteiger partial charge in [0.15, 0.2) is 0 Å². The molecule has 0 aliphatic heterocycles. The highest BCUT2D eigenvalue weighted by Crippen LogP contribution is 2.24. The van der Waals surface area contributed by atoms with Crippen LogP contribution in [0.4, 0.5) is 5.69 Å². The fourth-order valence-corrected chi connectivity index (χ4v) is 3.71. The van der Waals surface area contributed by atoms with Gasteiger partial charge < -0.3 is 4.74 Å². The zero-order chi connectivity index (χ0) is 18.4. The summed E-state index contributed by atoms with van der Waals surface area (Å²) >= 11 is 0. The number of hydrogen-bond donors (Lipinski definition) is 0. The Morgan fingerprint density at radius 3 is 2.24 bits per heavy atom. The van der Waals surface area contributed by atoms with E-state index in [1.165, 1.54) is 10.4 Å². The van der Waals surface area contributed by atoms with E-state index in [4.69, 9.17) is 4.74 Å². The van der Waals surface area contributed by atoms with Gasteiger partial charge in [0.1, 0.15) is 0 Å². The first-order valence-corrected chi connectivity index (χ1v) is 9.31. The van der Waals surface area contributed by atoms with Crippen molar-refractivity contribution in [1.29, 1.82) is 0 Å². The van der Waals surface area contributed by atoms with Crippen molar-refractivity contribution in [2.24, 2.45) is 0 Å². The SMILES string of the molecule is C=CCN(c1ccc(C(=O)OCC)cc1)S(=O)(=O)c1ccc(C)cc1. The monoisotopic (exact) mass is 359 g/mol. The van der Waals surface area contributed by atoms with Crippen molar-refractivity contribution < 1.29 is 17.9 Å². The predicted octanol–water partition coefficient (Wildman–Crippen LogP) is 3.55. The minimum absolute atomic E-state index is 0.120. The van der Waals surface area contributed by atoms with E-state index in [1.54, 1.807) is 55.5 Å². The molecule has 0 saturated carbocycles. The second-order valence-electron chi connectivity index (χ2n) is 5.41. The molecule has 0 fully saturated rings. The number of anilines is 1. The van der Waals surface area contributed by atoms with Crippen LogP contribution < -0.4 is 4.31 Å². The van der Waals surface area contributed by atoms with Crippen molar-refractivity contribution in [2.75, 3.05) is 17.5 Å². The lowest BCUT2D eigenvalue weighted by Gasteiger charge is -2.23. The first-order chi connectivity index (χ1) is 11.9. The number of benzene rings is 2. The van der Waals surface area contributed by atoms with Crippen LogP contribution >= 0.6 is 0 Å². The Morgan fingerprint density at radius 1 is 1.12 bits per heavy atom. The molecule has 6 heteroatoms. The zero-order valence-corrected chi connectivity index (χ0v) is 15.1. The number of hydrogen-bond acceptors (Lipinski definition) is 4. The van der Waals surface area contributed by atoms with Crippen LogP contribution in [0.25, 0.3) is 0 Å². The molecule has 0 saturated heterocycles. The summed E-state index contributed by atoms with van der Waals surface area (Å²) in [6.45, 7) is 7.66. The maximum atomic E-state index is 12.9. The molecule has 5 nitrogen and oxygen atoms in total. The molecule has 0 atom stereocenters. The quantitative estimate of drug-likeness (QED) is 0.560. The van der Waals surface area contributed by atoms with Gasteiger partial charge in [-0.1, -0.05) is 23.8 Å². The number of rotatable bonds is 7. The average Bonchev–Trinajstić information content (AvgIpc) is 2.60. The molecule has 0 bridgehead atoms. The van der Waals surface area contributed by atoms with Crippen LogP contribution in [0, 0.1) is 6.92 Å². The third-order valence-electron chi connectivity index (χ3n) is 3.57. The maximum absolute atomic E-state index is 12.9. The molecular weight excluding hydrogens is 338 g/mol. The largest absolute Gasteiger partial charge is 0.462 e. The standard InChI is InChI=1S/C19H21NO4S/c1-4-14-20(25(22,23)18-12-6-15(3)7-13-18)17-10-8-16(9-11-17)19(21)24-5-2/h4,6-13H,1,5,14H2,2-3H3. The Balaban J connectivity index is 2.38. The number of nitrogens with zero attached hydrogens (tertiary/aromatic N) is 1. The van der Waals surface area contributed by atoms with Gasteiger partial charge in [-0.3, -0.25) is 4.31 Å². The smallest absolute Gasteiger partial charge is 0.338 e. The molecule has 132 valence electrons. The van der Waals surface area contributed by atoms with Crippen molar-refractivity contribution in [3.05, 3.63) is 72.3 Å². The topological polar surface area (TPSA) is 63.7 Å². The van der Waals surface area contributed by atoms with Gasteiger partial charge in [-0.2, -0.15) is 0 Å². The molecule has 0 aliphatic rings. The molecule has 0 aromatic heterocycles. The van der Waals surface area contributed by atoms with Gasteiger partial charge in [0.05, 0.1) is 29.3 Å². The lowest BCUT2D eigenvalue weighted by Crippen LogP contribution is -2.31. The van der Waals surface area contributed by atoms with Crippen LogP contribution in [0.5, 0.6) is 0 Å². The molecule has 0 spiro atoms. The Labute approximate surface area is 148 Å². The van der Waals surface area contributed by atoms with Crippen molar-refractivity contribution >= 4 is 21.7 Å². The second kappa shape index (κ2) is 7.98. The van der Waals surface area contributed by atoms with E-state index < -0.39 is 16.0 Å². The number of carbonyl (C=O) groups is 1. The van der Waals surface area contributed by atoms with E-state index in [-0.39, 0.29) is 18.0 Å². The normalized spacial score (nSPS) is 11.0. The summed E-state index contributed by atoms with van der Waals surface area (Å²) in [7, 11) is -3.73. The van der Waals surface area contributed by atoms with Crippen molar-refractivity contribution in [1.82, 2.24) is 0 Å². The van der Waals surface area contributed by atoms with E-state index in [2.05, 4.69) is 6.58 Å². The van der Waals surface area contributed by atoms with Gasteiger partial charge in [-0.15, -0.1) is 6.58 Å². The molecule has 25 heavy (non-hydrogen) atoms. The molecule has 2 aromatic carbocycles. The van der Waals surface area contributed by atoms with Crippen molar-refractivity contribution in [3.8, 4) is 0 Å². The highest BCUT2D eigenvalue weighted by atomic mass is 32.2. The summed E-state index contributed by atoms with van der Waals surface area (Å²) in [5, 5.41) is 0. The predicted molar refractivity (Wildman–Crippen MR) is 98.3 cm³/mol. The van der Waals surface area contributed by atoms with Crippen molar-refractivity contribution in [2.45, 2.75) is 18.7 Å². The minimum atomic E-state index is -3.73. The molecule has 0 heterocycles. The minimum Gasteiger partial charge on any atom is -0.462 e. The Kier molecular flexibility index (Phi) is 5.98. The van der Waals surface area contributed by atoms with Crippen LogP contribution in [-0.2, 0) is 14.8 Å². The number of ether oxygens (including phenoxy) is 1. The summed E-state index contributed by atoms with van der Waals surface area (Å²) in [5.41, 5.74) is 1.80. The molecule has 0 radical (unpaired) electrons. The molecule has 0 N–H and O–H groups in total. The summed E-state index contributed by atoms with van der Waals surface area (Å²) in [6.07, 6.45) is 1.52. The van der Waals surface area contributed by atoms with Crippen LogP contribution in [0.3, 0.4) is 0 Å². The van der Waals surface area contributed by atoms with Gasteiger partial charge in [0.25, 0.3) is 10.0 Å². The summed E-state index contributed by atoms with van der Waals surface area (Å²) in [4.78, 5) is 11.9. The fraction of sp³-hybridized carbons (Fsp3) is 0.211. The average molecular weight is 359 g/mol.